The largest absolute Gasteiger partial charge is 0.341 e. The van der Waals surface area contributed by atoms with Gasteiger partial charge in [0.1, 0.15) is 0 Å². The highest BCUT2D eigenvalue weighted by Crippen LogP contribution is 2.40. The highest BCUT2D eigenvalue weighted by molar-refractivity contribution is 5.79. The number of nitrogens with zero attached hydrogens (tertiary/aromatic N) is 1. The second-order valence-corrected chi connectivity index (χ2v) is 8.10. The van der Waals surface area contributed by atoms with Crippen LogP contribution in [0.25, 0.3) is 0 Å². The quantitative estimate of drug-likeness (QED) is 0.865. The Labute approximate surface area is 130 Å². The number of amides is 1. The molecule has 0 aromatic rings. The molecule has 1 atom stereocenters. The van der Waals surface area contributed by atoms with Gasteiger partial charge in [-0.25, -0.2) is 0 Å². The van der Waals surface area contributed by atoms with Crippen LogP contribution in [-0.4, -0.2) is 36.5 Å². The average Bonchev–Trinajstić information content (AvgIpc) is 2.46. The van der Waals surface area contributed by atoms with Crippen molar-refractivity contribution in [3.05, 3.63) is 0 Å². The molecule has 122 valence electrons. The van der Waals surface area contributed by atoms with Crippen molar-refractivity contribution in [2.75, 3.05) is 19.6 Å². The molecular weight excluding hydrogens is 260 g/mol. The summed E-state index contributed by atoms with van der Waals surface area (Å²) < 4.78 is 0. The summed E-state index contributed by atoms with van der Waals surface area (Å²) in [6, 6.07) is 0.513. The van der Waals surface area contributed by atoms with Crippen LogP contribution in [-0.2, 0) is 4.79 Å². The molecule has 3 heteroatoms. The molecule has 2 aliphatic rings. The molecule has 0 radical (unpaired) electrons. The fourth-order valence-electron chi connectivity index (χ4n) is 4.10. The predicted molar refractivity (Wildman–Crippen MR) is 88.2 cm³/mol. The van der Waals surface area contributed by atoms with E-state index in [0.717, 1.165) is 44.8 Å². The third kappa shape index (κ3) is 4.45. The first-order chi connectivity index (χ1) is 9.91. The van der Waals surface area contributed by atoms with Gasteiger partial charge in [-0.15, -0.1) is 0 Å². The number of likely N-dealkylation sites (N-methyl/N-ethyl adjacent to an activating group) is 1. The Morgan fingerprint density at radius 3 is 2.38 bits per heavy atom. The summed E-state index contributed by atoms with van der Waals surface area (Å²) in [6.45, 7) is 12.1. The van der Waals surface area contributed by atoms with Crippen molar-refractivity contribution in [2.45, 2.75) is 72.3 Å². The third-order valence-electron chi connectivity index (χ3n) is 5.53. The molecule has 3 nitrogen and oxygen atoms in total. The Hall–Kier alpha value is -0.570. The van der Waals surface area contributed by atoms with Crippen molar-refractivity contribution in [1.82, 2.24) is 10.2 Å². The van der Waals surface area contributed by atoms with E-state index in [2.05, 4.69) is 37.9 Å². The number of carbonyl (C=O) groups excluding carboxylic acids is 1. The Kier molecular flexibility index (Phi) is 5.70. The number of hydrogen-bond donors (Lipinski definition) is 1. The lowest BCUT2D eigenvalue weighted by Crippen LogP contribution is -2.50. The van der Waals surface area contributed by atoms with Crippen LogP contribution in [0.1, 0.15) is 66.2 Å². The van der Waals surface area contributed by atoms with Gasteiger partial charge >= 0.3 is 0 Å². The molecule has 0 aromatic heterocycles. The highest BCUT2D eigenvalue weighted by Gasteiger charge is 2.35. The predicted octanol–water partition coefficient (Wildman–Crippen LogP) is 3.44. The molecule has 1 aliphatic carbocycles. The normalized spacial score (nSPS) is 31.2. The molecule has 1 amide bonds. The van der Waals surface area contributed by atoms with Gasteiger partial charge in [0.2, 0.25) is 5.91 Å². The summed E-state index contributed by atoms with van der Waals surface area (Å²) in [7, 11) is 0. The van der Waals surface area contributed by atoms with Gasteiger partial charge in [-0.3, -0.25) is 4.79 Å². The first kappa shape index (κ1) is 16.8. The second kappa shape index (κ2) is 7.13. The van der Waals surface area contributed by atoms with Crippen molar-refractivity contribution < 1.29 is 4.79 Å². The number of piperidine rings is 1. The minimum Gasteiger partial charge on any atom is -0.341 e. The number of hydrogen-bond acceptors (Lipinski definition) is 2. The van der Waals surface area contributed by atoms with Crippen LogP contribution in [0.5, 0.6) is 0 Å². The molecule has 0 aromatic carbocycles. The smallest absolute Gasteiger partial charge is 0.225 e. The van der Waals surface area contributed by atoms with Crippen molar-refractivity contribution in [3.8, 4) is 0 Å². The second-order valence-electron chi connectivity index (χ2n) is 8.10. The molecule has 2 rings (SSSR count). The topological polar surface area (TPSA) is 32.3 Å². The molecule has 1 aliphatic heterocycles. The van der Waals surface area contributed by atoms with E-state index in [-0.39, 0.29) is 0 Å². The first-order valence-corrected chi connectivity index (χ1v) is 8.94. The summed E-state index contributed by atoms with van der Waals surface area (Å²) in [4.78, 5) is 14.9. The van der Waals surface area contributed by atoms with Gasteiger partial charge in [0, 0.05) is 25.0 Å². The number of likely N-dealkylation sites (tertiary alicyclic amines) is 1. The van der Waals surface area contributed by atoms with Crippen LogP contribution in [0.3, 0.4) is 0 Å². The molecular formula is C18H34N2O. The van der Waals surface area contributed by atoms with Crippen LogP contribution in [0, 0.1) is 17.3 Å². The van der Waals surface area contributed by atoms with Gasteiger partial charge < -0.3 is 10.2 Å². The van der Waals surface area contributed by atoms with Gasteiger partial charge in [0.25, 0.3) is 0 Å². The standard InChI is InChI=1S/C18H34N2O/c1-5-19-16-7-6-12-20(13-16)17(21)14-8-10-15(11-9-14)18(2,3)4/h14-16,19H,5-13H2,1-4H3. The number of rotatable bonds is 3. The molecule has 2 fully saturated rings. The molecule has 0 bridgehead atoms. The average molecular weight is 294 g/mol. The maximum absolute atomic E-state index is 12.8. The minimum atomic E-state index is 0.295. The van der Waals surface area contributed by atoms with Crippen LogP contribution < -0.4 is 5.32 Å². The Bertz CT molecular complexity index is 338. The number of nitrogens with one attached hydrogen (secondary N) is 1. The molecule has 1 unspecified atom stereocenters. The molecule has 0 spiro atoms. The van der Waals surface area contributed by atoms with E-state index >= 15 is 0 Å². The number of carbonyl (C=O) groups is 1. The fourth-order valence-corrected chi connectivity index (χ4v) is 4.10. The van der Waals surface area contributed by atoms with Gasteiger partial charge in [-0.2, -0.15) is 0 Å². The van der Waals surface area contributed by atoms with Gasteiger partial charge in [0.15, 0.2) is 0 Å². The van der Waals surface area contributed by atoms with E-state index in [9.17, 15) is 4.79 Å². The van der Waals surface area contributed by atoms with E-state index in [0.29, 0.717) is 23.3 Å². The highest BCUT2D eigenvalue weighted by atomic mass is 16.2. The Morgan fingerprint density at radius 1 is 1.14 bits per heavy atom. The Balaban J connectivity index is 1.84. The maximum atomic E-state index is 12.8. The molecule has 1 saturated heterocycles. The van der Waals surface area contributed by atoms with E-state index in [1.54, 1.807) is 0 Å². The zero-order chi connectivity index (χ0) is 15.5. The van der Waals surface area contributed by atoms with Gasteiger partial charge in [-0.1, -0.05) is 27.7 Å². The first-order valence-electron chi connectivity index (χ1n) is 8.94. The minimum absolute atomic E-state index is 0.295. The summed E-state index contributed by atoms with van der Waals surface area (Å²) in [5.74, 6) is 1.52. The zero-order valence-electron chi connectivity index (χ0n) is 14.5. The van der Waals surface area contributed by atoms with Gasteiger partial charge in [0.05, 0.1) is 0 Å². The van der Waals surface area contributed by atoms with Gasteiger partial charge in [-0.05, 0) is 56.4 Å². The van der Waals surface area contributed by atoms with Crippen molar-refractivity contribution >= 4 is 5.91 Å². The molecule has 1 saturated carbocycles. The lowest BCUT2D eigenvalue weighted by Gasteiger charge is -2.39. The summed E-state index contributed by atoms with van der Waals surface area (Å²) in [6.07, 6.45) is 7.02. The van der Waals surface area contributed by atoms with Crippen molar-refractivity contribution in [2.24, 2.45) is 17.3 Å². The molecule has 1 heterocycles. The monoisotopic (exact) mass is 294 g/mol. The van der Waals surface area contributed by atoms with E-state index in [4.69, 9.17) is 0 Å². The van der Waals surface area contributed by atoms with Crippen molar-refractivity contribution in [3.63, 3.8) is 0 Å². The lowest BCUT2D eigenvalue weighted by molar-refractivity contribution is -0.138. The van der Waals surface area contributed by atoms with E-state index in [1.807, 2.05) is 0 Å². The SMILES string of the molecule is CCNC1CCCN(C(=O)C2CCC(C(C)(C)C)CC2)C1. The van der Waals surface area contributed by atoms with Crippen LogP contribution in [0.2, 0.25) is 0 Å². The van der Waals surface area contributed by atoms with E-state index < -0.39 is 0 Å². The third-order valence-corrected chi connectivity index (χ3v) is 5.53. The molecule has 21 heavy (non-hydrogen) atoms. The Morgan fingerprint density at radius 2 is 1.81 bits per heavy atom. The summed E-state index contributed by atoms with van der Waals surface area (Å²) in [5.41, 5.74) is 0.398. The van der Waals surface area contributed by atoms with Crippen LogP contribution >= 0.6 is 0 Å². The molecule has 1 N–H and O–H groups in total. The fraction of sp³-hybridized carbons (Fsp3) is 0.944. The summed E-state index contributed by atoms with van der Waals surface area (Å²) >= 11 is 0. The summed E-state index contributed by atoms with van der Waals surface area (Å²) in [5, 5.41) is 3.51. The van der Waals surface area contributed by atoms with Crippen LogP contribution in [0.4, 0.5) is 0 Å². The zero-order valence-corrected chi connectivity index (χ0v) is 14.5. The lowest BCUT2D eigenvalue weighted by atomic mass is 9.69. The van der Waals surface area contributed by atoms with Crippen LogP contribution in [0.15, 0.2) is 0 Å². The maximum Gasteiger partial charge on any atom is 0.225 e. The van der Waals surface area contributed by atoms with Crippen molar-refractivity contribution in [1.29, 1.82) is 0 Å². The van der Waals surface area contributed by atoms with E-state index in [1.165, 1.54) is 19.3 Å².